The highest BCUT2D eigenvalue weighted by molar-refractivity contribution is 6.30. The van der Waals surface area contributed by atoms with Crippen molar-refractivity contribution < 1.29 is 17.9 Å². The second-order valence-corrected chi connectivity index (χ2v) is 4.18. The normalized spacial score (nSPS) is 10.6. The Balaban J connectivity index is 2.35. The van der Waals surface area contributed by atoms with Crippen molar-refractivity contribution in [3.63, 3.8) is 0 Å². The zero-order valence-electron chi connectivity index (χ0n) is 9.59. The molecule has 0 heterocycles. The van der Waals surface area contributed by atoms with Crippen LogP contribution in [0.25, 0.3) is 0 Å². The molecular weight excluding hydrogens is 279 g/mol. The van der Waals surface area contributed by atoms with E-state index < -0.39 is 23.2 Å². The Morgan fingerprint density at radius 1 is 1.00 bits per heavy atom. The third kappa shape index (κ3) is 3.00. The predicted molar refractivity (Wildman–Crippen MR) is 65.7 cm³/mol. The molecule has 0 fully saturated rings. The van der Waals surface area contributed by atoms with Gasteiger partial charge in [0.15, 0.2) is 17.4 Å². The molecule has 0 bridgehead atoms. The van der Waals surface area contributed by atoms with Gasteiger partial charge in [0.25, 0.3) is 0 Å². The van der Waals surface area contributed by atoms with Gasteiger partial charge >= 0.3 is 0 Å². The topological polar surface area (TPSA) is 35.2 Å². The van der Waals surface area contributed by atoms with Crippen LogP contribution in [0.3, 0.4) is 0 Å². The molecule has 0 atom stereocenters. The molecule has 0 spiro atoms. The highest BCUT2D eigenvalue weighted by Gasteiger charge is 2.14. The van der Waals surface area contributed by atoms with Crippen LogP contribution in [0.2, 0.25) is 5.02 Å². The van der Waals surface area contributed by atoms with Crippen LogP contribution >= 0.6 is 11.6 Å². The molecule has 0 aromatic heterocycles. The first-order valence-electron chi connectivity index (χ1n) is 5.32. The SMILES string of the molecule is NCc1cc(F)c(Oc2ccc(F)c(Cl)c2)c(F)c1. The molecule has 0 radical (unpaired) electrons. The summed E-state index contributed by atoms with van der Waals surface area (Å²) in [6, 6.07) is 5.54. The zero-order chi connectivity index (χ0) is 14.0. The summed E-state index contributed by atoms with van der Waals surface area (Å²) in [6.45, 7) is 0.0104. The Morgan fingerprint density at radius 2 is 1.63 bits per heavy atom. The van der Waals surface area contributed by atoms with Crippen LogP contribution in [0.5, 0.6) is 11.5 Å². The lowest BCUT2D eigenvalue weighted by Crippen LogP contribution is -2.00. The Morgan fingerprint density at radius 3 is 2.16 bits per heavy atom. The van der Waals surface area contributed by atoms with Gasteiger partial charge in [-0.2, -0.15) is 0 Å². The fourth-order valence-electron chi connectivity index (χ4n) is 1.49. The maximum atomic E-state index is 13.6. The number of benzene rings is 2. The number of rotatable bonds is 3. The molecule has 2 nitrogen and oxygen atoms in total. The van der Waals surface area contributed by atoms with Gasteiger partial charge in [0.2, 0.25) is 0 Å². The van der Waals surface area contributed by atoms with E-state index in [0.29, 0.717) is 5.56 Å². The summed E-state index contributed by atoms with van der Waals surface area (Å²) >= 11 is 5.55. The van der Waals surface area contributed by atoms with E-state index in [0.717, 1.165) is 24.3 Å². The molecule has 2 rings (SSSR count). The molecule has 0 aliphatic rings. The summed E-state index contributed by atoms with van der Waals surface area (Å²) in [6.07, 6.45) is 0. The smallest absolute Gasteiger partial charge is 0.198 e. The highest BCUT2D eigenvalue weighted by atomic mass is 35.5. The number of halogens is 4. The van der Waals surface area contributed by atoms with Crippen LogP contribution < -0.4 is 10.5 Å². The lowest BCUT2D eigenvalue weighted by atomic mass is 10.2. The van der Waals surface area contributed by atoms with Crippen molar-refractivity contribution in [2.24, 2.45) is 5.73 Å². The molecule has 0 saturated carbocycles. The van der Waals surface area contributed by atoms with E-state index in [-0.39, 0.29) is 17.3 Å². The third-order valence-electron chi connectivity index (χ3n) is 2.40. The van der Waals surface area contributed by atoms with Crippen LogP contribution in [-0.4, -0.2) is 0 Å². The van der Waals surface area contributed by atoms with Gasteiger partial charge in [-0.3, -0.25) is 0 Å². The number of hydrogen-bond donors (Lipinski definition) is 1. The molecule has 6 heteroatoms. The summed E-state index contributed by atoms with van der Waals surface area (Å²) in [5, 5.41) is -0.197. The third-order valence-corrected chi connectivity index (χ3v) is 2.69. The summed E-state index contributed by atoms with van der Waals surface area (Å²) in [5.41, 5.74) is 5.60. The van der Waals surface area contributed by atoms with Crippen LogP contribution in [0.15, 0.2) is 30.3 Å². The standard InChI is InChI=1S/C13H9ClF3NO/c14-9-5-8(1-2-10(9)15)19-13-11(16)3-7(6-18)4-12(13)17/h1-5H,6,18H2. The second-order valence-electron chi connectivity index (χ2n) is 3.77. The van der Waals surface area contributed by atoms with Gasteiger partial charge in [0.1, 0.15) is 11.6 Å². The van der Waals surface area contributed by atoms with Crippen molar-refractivity contribution in [3.05, 3.63) is 58.4 Å². The maximum Gasteiger partial charge on any atom is 0.198 e. The summed E-state index contributed by atoms with van der Waals surface area (Å²) in [4.78, 5) is 0. The molecule has 0 aliphatic heterocycles. The molecule has 2 aromatic carbocycles. The minimum atomic E-state index is -0.888. The molecular formula is C13H9ClF3NO. The van der Waals surface area contributed by atoms with E-state index >= 15 is 0 Å². The first kappa shape index (κ1) is 13.7. The lowest BCUT2D eigenvalue weighted by molar-refractivity contribution is 0.406. The summed E-state index contributed by atoms with van der Waals surface area (Å²) in [7, 11) is 0. The molecule has 0 unspecified atom stereocenters. The zero-order valence-corrected chi connectivity index (χ0v) is 10.3. The van der Waals surface area contributed by atoms with Crippen molar-refractivity contribution in [3.8, 4) is 11.5 Å². The average Bonchev–Trinajstić information content (AvgIpc) is 2.37. The Bertz CT molecular complexity index is 596. The van der Waals surface area contributed by atoms with Crippen LogP contribution in [0.4, 0.5) is 13.2 Å². The minimum absolute atomic E-state index is 0.0104. The number of hydrogen-bond acceptors (Lipinski definition) is 2. The maximum absolute atomic E-state index is 13.6. The van der Waals surface area contributed by atoms with E-state index in [4.69, 9.17) is 22.1 Å². The quantitative estimate of drug-likeness (QED) is 0.926. The van der Waals surface area contributed by atoms with Gasteiger partial charge in [0, 0.05) is 12.6 Å². The Kier molecular flexibility index (Phi) is 3.97. The van der Waals surface area contributed by atoms with E-state index in [1.165, 1.54) is 6.07 Å². The van der Waals surface area contributed by atoms with Gasteiger partial charge in [-0.25, -0.2) is 13.2 Å². The van der Waals surface area contributed by atoms with E-state index in [9.17, 15) is 13.2 Å². The van der Waals surface area contributed by atoms with Crippen molar-refractivity contribution >= 4 is 11.6 Å². The summed E-state index contributed by atoms with van der Waals surface area (Å²) in [5.74, 6) is -2.97. The van der Waals surface area contributed by atoms with Crippen molar-refractivity contribution in [2.75, 3.05) is 0 Å². The van der Waals surface area contributed by atoms with Crippen LogP contribution in [0.1, 0.15) is 5.56 Å². The van der Waals surface area contributed by atoms with Crippen LogP contribution in [-0.2, 0) is 6.54 Å². The largest absolute Gasteiger partial charge is 0.451 e. The first-order valence-corrected chi connectivity index (χ1v) is 5.70. The van der Waals surface area contributed by atoms with Crippen molar-refractivity contribution in [2.45, 2.75) is 6.54 Å². The Labute approximate surface area is 112 Å². The number of nitrogens with two attached hydrogens (primary N) is 1. The van der Waals surface area contributed by atoms with Crippen LogP contribution in [0, 0.1) is 17.5 Å². The highest BCUT2D eigenvalue weighted by Crippen LogP contribution is 2.30. The fourth-order valence-corrected chi connectivity index (χ4v) is 1.66. The minimum Gasteiger partial charge on any atom is -0.451 e. The molecule has 0 saturated heterocycles. The van der Waals surface area contributed by atoms with Crippen molar-refractivity contribution in [1.29, 1.82) is 0 Å². The lowest BCUT2D eigenvalue weighted by Gasteiger charge is -2.09. The fraction of sp³-hybridized carbons (Fsp3) is 0.0769. The monoisotopic (exact) mass is 287 g/mol. The predicted octanol–water partition coefficient (Wildman–Crippen LogP) is 4.01. The first-order chi connectivity index (χ1) is 9.01. The van der Waals surface area contributed by atoms with E-state index in [2.05, 4.69) is 0 Å². The molecule has 100 valence electrons. The molecule has 2 aromatic rings. The van der Waals surface area contributed by atoms with E-state index in [1.807, 2.05) is 0 Å². The Hall–Kier alpha value is -1.72. The van der Waals surface area contributed by atoms with Gasteiger partial charge in [-0.05, 0) is 29.8 Å². The molecule has 2 N–H and O–H groups in total. The molecule has 0 aliphatic carbocycles. The van der Waals surface area contributed by atoms with Gasteiger partial charge < -0.3 is 10.5 Å². The second kappa shape index (κ2) is 5.50. The van der Waals surface area contributed by atoms with Gasteiger partial charge in [-0.15, -0.1) is 0 Å². The average molecular weight is 288 g/mol. The number of ether oxygens (including phenoxy) is 1. The van der Waals surface area contributed by atoms with Crippen molar-refractivity contribution in [1.82, 2.24) is 0 Å². The summed E-state index contributed by atoms with van der Waals surface area (Å²) < 4.78 is 45.3. The molecule has 0 amide bonds. The molecule has 19 heavy (non-hydrogen) atoms. The van der Waals surface area contributed by atoms with Gasteiger partial charge in [-0.1, -0.05) is 11.6 Å². The van der Waals surface area contributed by atoms with E-state index in [1.54, 1.807) is 0 Å². The van der Waals surface area contributed by atoms with Gasteiger partial charge in [0.05, 0.1) is 5.02 Å².